The quantitative estimate of drug-likeness (QED) is 0.401. The minimum Gasteiger partial charge on any atom is -0.481 e. The zero-order valence-corrected chi connectivity index (χ0v) is 14.0. The number of Topliss-reactive ketones (excluding diaryl/α,β-unsaturated/α-hetero) is 1. The van der Waals surface area contributed by atoms with Crippen molar-refractivity contribution in [1.82, 2.24) is 0 Å². The van der Waals surface area contributed by atoms with Crippen LogP contribution in [0.3, 0.4) is 0 Å². The van der Waals surface area contributed by atoms with Crippen molar-refractivity contribution in [3.63, 3.8) is 0 Å². The van der Waals surface area contributed by atoms with E-state index in [1.165, 1.54) is 0 Å². The van der Waals surface area contributed by atoms with E-state index in [-0.39, 0.29) is 36.6 Å². The summed E-state index contributed by atoms with van der Waals surface area (Å²) in [6.45, 7) is 1.92. The highest BCUT2D eigenvalue weighted by Gasteiger charge is 2.39. The van der Waals surface area contributed by atoms with Crippen LogP contribution in [0.25, 0.3) is 0 Å². The Balaban J connectivity index is 2.37. The molecule has 4 atom stereocenters. The molecule has 1 saturated carbocycles. The number of aliphatic hydroxyl groups is 2. The van der Waals surface area contributed by atoms with Gasteiger partial charge in [-0.3, -0.25) is 9.59 Å². The molecule has 1 aliphatic rings. The summed E-state index contributed by atoms with van der Waals surface area (Å²) in [5.41, 5.74) is 0. The van der Waals surface area contributed by atoms with Crippen molar-refractivity contribution in [1.29, 1.82) is 0 Å². The van der Waals surface area contributed by atoms with E-state index in [2.05, 4.69) is 0 Å². The highest BCUT2D eigenvalue weighted by molar-refractivity contribution is 5.84. The Morgan fingerprint density at radius 3 is 2.65 bits per heavy atom. The van der Waals surface area contributed by atoms with Gasteiger partial charge in [-0.1, -0.05) is 38.3 Å². The lowest BCUT2D eigenvalue weighted by atomic mass is 9.88. The van der Waals surface area contributed by atoms with Gasteiger partial charge in [0.1, 0.15) is 5.78 Å². The van der Waals surface area contributed by atoms with E-state index in [1.807, 2.05) is 19.1 Å². The van der Waals surface area contributed by atoms with Gasteiger partial charge in [-0.25, -0.2) is 0 Å². The molecular weight excluding hydrogens is 296 g/mol. The van der Waals surface area contributed by atoms with Crippen LogP contribution in [-0.4, -0.2) is 39.3 Å². The predicted octanol–water partition coefficient (Wildman–Crippen LogP) is 2.69. The third kappa shape index (κ3) is 7.27. The summed E-state index contributed by atoms with van der Waals surface area (Å²) >= 11 is 0. The van der Waals surface area contributed by atoms with Gasteiger partial charge in [0.05, 0.1) is 12.2 Å². The first-order chi connectivity index (χ1) is 11.0. The van der Waals surface area contributed by atoms with Crippen LogP contribution in [0, 0.1) is 11.8 Å². The number of carbonyl (C=O) groups is 2. The first-order valence-electron chi connectivity index (χ1n) is 8.73. The van der Waals surface area contributed by atoms with Gasteiger partial charge in [-0.05, 0) is 25.7 Å². The maximum atomic E-state index is 12.0. The average Bonchev–Trinajstić information content (AvgIpc) is 2.76. The Labute approximate surface area is 138 Å². The van der Waals surface area contributed by atoms with Crippen molar-refractivity contribution < 1.29 is 24.9 Å². The molecule has 1 aliphatic carbocycles. The van der Waals surface area contributed by atoms with Gasteiger partial charge in [-0.15, -0.1) is 0 Å². The number of unbranched alkanes of at least 4 members (excludes halogenated alkanes) is 3. The second-order valence-electron chi connectivity index (χ2n) is 6.49. The Morgan fingerprint density at radius 1 is 1.30 bits per heavy atom. The number of aliphatic carboxylic acids is 1. The minimum atomic E-state index is -0.765. The van der Waals surface area contributed by atoms with E-state index in [1.54, 1.807) is 0 Å². The standard InChI is InChI=1S/C18H30O5/c1-2-13(19)8-7-10-15-14(16(20)12-17(15)21)9-5-3-4-6-11-18(22)23/h7,10,13-15,17,19,21H,2-6,8-9,11-12H2,1H3,(H,22,23)/b10-7+. The third-order valence-corrected chi connectivity index (χ3v) is 4.63. The van der Waals surface area contributed by atoms with E-state index < -0.39 is 12.1 Å². The largest absolute Gasteiger partial charge is 0.481 e. The number of hydrogen-bond acceptors (Lipinski definition) is 4. The minimum absolute atomic E-state index is 0.119. The summed E-state index contributed by atoms with van der Waals surface area (Å²) < 4.78 is 0. The summed E-state index contributed by atoms with van der Waals surface area (Å²) in [6, 6.07) is 0. The van der Waals surface area contributed by atoms with E-state index >= 15 is 0 Å². The molecule has 4 unspecified atom stereocenters. The normalized spacial score (nSPS) is 26.0. The van der Waals surface area contributed by atoms with Gasteiger partial charge < -0.3 is 15.3 Å². The van der Waals surface area contributed by atoms with Crippen LogP contribution < -0.4 is 0 Å². The number of hydrogen-bond donors (Lipinski definition) is 3. The Hall–Kier alpha value is -1.20. The third-order valence-electron chi connectivity index (χ3n) is 4.63. The molecule has 23 heavy (non-hydrogen) atoms. The van der Waals surface area contributed by atoms with Crippen LogP contribution in [0.2, 0.25) is 0 Å². The number of carboxylic acids is 1. The molecule has 0 radical (unpaired) electrons. The van der Waals surface area contributed by atoms with Crippen molar-refractivity contribution in [3.05, 3.63) is 12.2 Å². The van der Waals surface area contributed by atoms with Gasteiger partial charge in [0.2, 0.25) is 0 Å². The highest BCUT2D eigenvalue weighted by atomic mass is 16.4. The smallest absolute Gasteiger partial charge is 0.303 e. The maximum absolute atomic E-state index is 12.0. The Bertz CT molecular complexity index is 404. The molecule has 0 spiro atoms. The lowest BCUT2D eigenvalue weighted by Crippen LogP contribution is -2.18. The maximum Gasteiger partial charge on any atom is 0.303 e. The molecule has 5 heteroatoms. The number of carbonyl (C=O) groups excluding carboxylic acids is 1. The molecule has 0 aromatic heterocycles. The van der Waals surface area contributed by atoms with Gasteiger partial charge in [0, 0.05) is 24.7 Å². The first-order valence-corrected chi connectivity index (χ1v) is 8.73. The molecule has 0 bridgehead atoms. The van der Waals surface area contributed by atoms with Crippen LogP contribution in [-0.2, 0) is 9.59 Å². The van der Waals surface area contributed by atoms with Crippen molar-refractivity contribution in [2.45, 2.75) is 76.9 Å². The first kappa shape index (κ1) is 19.8. The fourth-order valence-corrected chi connectivity index (χ4v) is 3.15. The molecule has 0 aromatic rings. The lowest BCUT2D eigenvalue weighted by molar-refractivity contribution is -0.137. The van der Waals surface area contributed by atoms with Crippen LogP contribution in [0.1, 0.15) is 64.7 Å². The Kier molecular flexibility index (Phi) is 9.10. The van der Waals surface area contributed by atoms with E-state index in [4.69, 9.17) is 5.11 Å². The summed E-state index contributed by atoms with van der Waals surface area (Å²) in [4.78, 5) is 22.5. The van der Waals surface area contributed by atoms with Crippen molar-refractivity contribution in [2.75, 3.05) is 0 Å². The number of carboxylic acid groups (broad SMARTS) is 1. The van der Waals surface area contributed by atoms with Gasteiger partial charge >= 0.3 is 5.97 Å². The molecule has 0 aromatic carbocycles. The van der Waals surface area contributed by atoms with Crippen molar-refractivity contribution >= 4 is 11.8 Å². The summed E-state index contributed by atoms with van der Waals surface area (Å²) in [7, 11) is 0. The van der Waals surface area contributed by atoms with Gasteiger partial charge in [0.25, 0.3) is 0 Å². The second-order valence-corrected chi connectivity index (χ2v) is 6.49. The molecule has 1 rings (SSSR count). The van der Waals surface area contributed by atoms with Crippen molar-refractivity contribution in [2.24, 2.45) is 11.8 Å². The second kappa shape index (κ2) is 10.6. The lowest BCUT2D eigenvalue weighted by Gasteiger charge is -2.17. The van der Waals surface area contributed by atoms with Crippen molar-refractivity contribution in [3.8, 4) is 0 Å². The fourth-order valence-electron chi connectivity index (χ4n) is 3.15. The molecule has 0 amide bonds. The molecule has 0 saturated heterocycles. The molecular formula is C18H30O5. The van der Waals surface area contributed by atoms with Crippen LogP contribution >= 0.6 is 0 Å². The molecule has 132 valence electrons. The zero-order chi connectivity index (χ0) is 17.2. The summed E-state index contributed by atoms with van der Waals surface area (Å²) in [5.74, 6) is -0.933. The fraction of sp³-hybridized carbons (Fsp3) is 0.778. The van der Waals surface area contributed by atoms with E-state index in [9.17, 15) is 19.8 Å². The summed E-state index contributed by atoms with van der Waals surface area (Å²) in [6.07, 6.45) is 8.52. The van der Waals surface area contributed by atoms with E-state index in [0.717, 1.165) is 25.7 Å². The molecule has 0 aliphatic heterocycles. The summed E-state index contributed by atoms with van der Waals surface area (Å²) in [5, 5.41) is 28.2. The number of ketones is 1. The predicted molar refractivity (Wildman–Crippen MR) is 88.0 cm³/mol. The molecule has 5 nitrogen and oxygen atoms in total. The average molecular weight is 326 g/mol. The zero-order valence-electron chi connectivity index (χ0n) is 14.0. The van der Waals surface area contributed by atoms with Gasteiger partial charge in [-0.2, -0.15) is 0 Å². The molecule has 1 fully saturated rings. The number of aliphatic hydroxyl groups excluding tert-OH is 2. The van der Waals surface area contributed by atoms with Gasteiger partial charge in [0.15, 0.2) is 0 Å². The SMILES string of the molecule is CCC(O)C/C=C/C1C(O)CC(=O)C1CCCCCCC(=O)O. The molecule has 0 heterocycles. The number of rotatable bonds is 11. The Morgan fingerprint density at radius 2 is 2.00 bits per heavy atom. The molecule has 3 N–H and O–H groups in total. The monoisotopic (exact) mass is 326 g/mol. The highest BCUT2D eigenvalue weighted by Crippen LogP contribution is 2.34. The van der Waals surface area contributed by atoms with E-state index in [0.29, 0.717) is 19.3 Å². The van der Waals surface area contributed by atoms with Crippen LogP contribution in [0.5, 0.6) is 0 Å². The van der Waals surface area contributed by atoms with Crippen LogP contribution in [0.15, 0.2) is 12.2 Å². The topological polar surface area (TPSA) is 94.8 Å². The van der Waals surface area contributed by atoms with Crippen LogP contribution in [0.4, 0.5) is 0 Å².